The third-order valence-electron chi connectivity index (χ3n) is 4.96. The van der Waals surface area contributed by atoms with Crippen LogP contribution in [0.25, 0.3) is 0 Å². The molecule has 0 radical (unpaired) electrons. The number of carbonyl (C=O) groups is 1. The number of aliphatic hydroxyl groups is 1. The highest BCUT2D eigenvalue weighted by molar-refractivity contribution is 5.90. The zero-order chi connectivity index (χ0) is 20.2. The minimum absolute atomic E-state index is 0.323. The van der Waals surface area contributed by atoms with Gasteiger partial charge in [-0.1, -0.05) is 23.3 Å². The van der Waals surface area contributed by atoms with Gasteiger partial charge in [-0.3, -0.25) is 0 Å². The topological polar surface area (TPSA) is 55.8 Å². The molecule has 4 heteroatoms. The van der Waals surface area contributed by atoms with E-state index in [4.69, 9.17) is 9.47 Å². The van der Waals surface area contributed by atoms with Crippen LogP contribution in [0.15, 0.2) is 35.4 Å². The van der Waals surface area contributed by atoms with Crippen LogP contribution in [-0.4, -0.2) is 29.9 Å². The van der Waals surface area contributed by atoms with Gasteiger partial charge in [-0.05, 0) is 77.1 Å². The second-order valence-electron chi connectivity index (χ2n) is 8.09. The van der Waals surface area contributed by atoms with E-state index in [2.05, 4.69) is 26.0 Å². The summed E-state index contributed by atoms with van der Waals surface area (Å²) in [6, 6.07) is 3.67. The Balaban J connectivity index is 2.29. The highest BCUT2D eigenvalue weighted by Crippen LogP contribution is 2.39. The number of carbonyl (C=O) groups excluding carboxylic acids is 1. The number of hydrogen-bond acceptors (Lipinski definition) is 4. The first-order valence-corrected chi connectivity index (χ1v) is 9.54. The largest absolute Gasteiger partial charge is 0.486 e. The van der Waals surface area contributed by atoms with E-state index in [0.717, 1.165) is 23.3 Å². The van der Waals surface area contributed by atoms with Crippen molar-refractivity contribution in [3.63, 3.8) is 0 Å². The summed E-state index contributed by atoms with van der Waals surface area (Å²) in [4.78, 5) is 12.1. The molecule has 1 aromatic carbocycles. The molecular formula is C23H32O4. The Morgan fingerprint density at radius 3 is 2.52 bits per heavy atom. The summed E-state index contributed by atoms with van der Waals surface area (Å²) in [5.74, 6) is 0.447. The maximum atomic E-state index is 12.1. The lowest BCUT2D eigenvalue weighted by Gasteiger charge is -2.29. The van der Waals surface area contributed by atoms with E-state index in [1.807, 2.05) is 32.9 Å². The molecule has 0 aliphatic carbocycles. The van der Waals surface area contributed by atoms with E-state index >= 15 is 0 Å². The lowest BCUT2D eigenvalue weighted by molar-refractivity contribution is -0.0435. The Morgan fingerprint density at radius 2 is 1.93 bits per heavy atom. The van der Waals surface area contributed by atoms with Gasteiger partial charge in [0.25, 0.3) is 0 Å². The quantitative estimate of drug-likeness (QED) is 0.553. The Bertz CT molecular complexity index is 748. The summed E-state index contributed by atoms with van der Waals surface area (Å²) >= 11 is 0. The van der Waals surface area contributed by atoms with Gasteiger partial charge in [-0.2, -0.15) is 0 Å². The molecule has 27 heavy (non-hydrogen) atoms. The van der Waals surface area contributed by atoms with Crippen molar-refractivity contribution in [2.24, 2.45) is 0 Å². The predicted molar refractivity (Wildman–Crippen MR) is 108 cm³/mol. The molecule has 2 rings (SSSR count). The molecule has 1 aliphatic heterocycles. The van der Waals surface area contributed by atoms with Crippen LogP contribution < -0.4 is 4.74 Å². The molecule has 0 saturated carbocycles. The lowest BCUT2D eigenvalue weighted by Crippen LogP contribution is -2.42. The Hall–Kier alpha value is -2.07. The SMILES string of the molecule is COC(=O)c1cc(CC=C(C)C)c2c(c1)CC(C(C)(O)CCC=C(C)C)O2. The van der Waals surface area contributed by atoms with Gasteiger partial charge in [0.05, 0.1) is 18.3 Å². The Labute approximate surface area is 162 Å². The molecule has 1 N–H and O–H groups in total. The van der Waals surface area contributed by atoms with Crippen molar-refractivity contribution in [3.8, 4) is 5.75 Å². The maximum Gasteiger partial charge on any atom is 0.337 e. The molecule has 2 unspecified atom stereocenters. The van der Waals surface area contributed by atoms with E-state index in [-0.39, 0.29) is 12.1 Å². The minimum atomic E-state index is -0.940. The molecular weight excluding hydrogens is 340 g/mol. The van der Waals surface area contributed by atoms with E-state index in [1.165, 1.54) is 18.3 Å². The molecule has 0 aromatic heterocycles. The van der Waals surface area contributed by atoms with Crippen LogP contribution in [0.5, 0.6) is 5.75 Å². The molecule has 0 fully saturated rings. The molecule has 148 valence electrons. The van der Waals surface area contributed by atoms with Crippen molar-refractivity contribution in [3.05, 3.63) is 52.1 Å². The number of allylic oxidation sites excluding steroid dienone is 4. The monoisotopic (exact) mass is 372 g/mol. The fourth-order valence-corrected chi connectivity index (χ4v) is 3.30. The van der Waals surface area contributed by atoms with Gasteiger partial charge in [0.15, 0.2) is 0 Å². The summed E-state index contributed by atoms with van der Waals surface area (Å²) in [6.45, 7) is 10.0. The maximum absolute atomic E-state index is 12.1. The zero-order valence-corrected chi connectivity index (χ0v) is 17.4. The Kier molecular flexibility index (Phi) is 6.88. The van der Waals surface area contributed by atoms with Crippen molar-refractivity contribution in [2.75, 3.05) is 7.11 Å². The van der Waals surface area contributed by atoms with E-state index in [9.17, 15) is 9.90 Å². The van der Waals surface area contributed by atoms with Gasteiger partial charge in [-0.15, -0.1) is 0 Å². The summed E-state index contributed by atoms with van der Waals surface area (Å²) in [7, 11) is 1.39. The van der Waals surface area contributed by atoms with Crippen LogP contribution in [0.2, 0.25) is 0 Å². The summed E-state index contributed by atoms with van der Waals surface area (Å²) in [5, 5.41) is 11.0. The molecule has 0 amide bonds. The summed E-state index contributed by atoms with van der Waals surface area (Å²) < 4.78 is 11.1. The second kappa shape index (κ2) is 8.75. The average molecular weight is 373 g/mol. The van der Waals surface area contributed by atoms with Gasteiger partial charge in [0.1, 0.15) is 11.9 Å². The standard InChI is InChI=1S/C23H32O4/c1-15(2)8-7-11-23(5,25)20-14-18-13-19(22(24)26-6)12-17(21(18)27-20)10-9-16(3)4/h8-9,12-13,20,25H,7,10-11,14H2,1-6H3. The first kappa shape index (κ1) is 21.2. The van der Waals surface area contributed by atoms with Gasteiger partial charge >= 0.3 is 5.97 Å². The number of esters is 1. The smallest absolute Gasteiger partial charge is 0.337 e. The lowest BCUT2D eigenvalue weighted by atomic mass is 9.89. The third-order valence-corrected chi connectivity index (χ3v) is 4.96. The van der Waals surface area contributed by atoms with Crippen molar-refractivity contribution >= 4 is 5.97 Å². The zero-order valence-electron chi connectivity index (χ0n) is 17.4. The first-order chi connectivity index (χ1) is 12.6. The van der Waals surface area contributed by atoms with E-state index in [0.29, 0.717) is 24.8 Å². The highest BCUT2D eigenvalue weighted by atomic mass is 16.5. The Morgan fingerprint density at radius 1 is 1.26 bits per heavy atom. The van der Waals surface area contributed by atoms with Gasteiger partial charge in [-0.25, -0.2) is 4.79 Å². The molecule has 0 spiro atoms. The highest BCUT2D eigenvalue weighted by Gasteiger charge is 2.39. The number of methoxy groups -OCH3 is 1. The third kappa shape index (κ3) is 5.46. The van der Waals surface area contributed by atoms with E-state index in [1.54, 1.807) is 0 Å². The van der Waals surface area contributed by atoms with Crippen LogP contribution >= 0.6 is 0 Å². The van der Waals surface area contributed by atoms with Crippen LogP contribution in [-0.2, 0) is 17.6 Å². The van der Waals surface area contributed by atoms with Crippen molar-refractivity contribution in [1.82, 2.24) is 0 Å². The molecule has 1 aromatic rings. The molecule has 1 heterocycles. The van der Waals surface area contributed by atoms with Gasteiger partial charge in [0, 0.05) is 6.42 Å². The molecule has 4 nitrogen and oxygen atoms in total. The molecule has 2 atom stereocenters. The van der Waals surface area contributed by atoms with Gasteiger partial charge < -0.3 is 14.6 Å². The normalized spacial score (nSPS) is 17.4. The van der Waals surface area contributed by atoms with Crippen LogP contribution in [0.3, 0.4) is 0 Å². The van der Waals surface area contributed by atoms with Crippen molar-refractivity contribution in [2.45, 2.75) is 72.0 Å². The molecule has 1 aliphatic rings. The average Bonchev–Trinajstić information content (AvgIpc) is 3.03. The molecule has 0 saturated heterocycles. The number of ether oxygens (including phenoxy) is 2. The first-order valence-electron chi connectivity index (χ1n) is 9.54. The van der Waals surface area contributed by atoms with E-state index < -0.39 is 5.60 Å². The molecule has 0 bridgehead atoms. The summed E-state index contributed by atoms with van der Waals surface area (Å²) in [5.41, 5.74) is 3.95. The number of hydrogen-bond donors (Lipinski definition) is 1. The van der Waals surface area contributed by atoms with Crippen LogP contribution in [0.1, 0.15) is 68.9 Å². The second-order valence-corrected chi connectivity index (χ2v) is 8.09. The van der Waals surface area contributed by atoms with Crippen LogP contribution in [0, 0.1) is 0 Å². The fourth-order valence-electron chi connectivity index (χ4n) is 3.30. The van der Waals surface area contributed by atoms with Gasteiger partial charge in [0.2, 0.25) is 0 Å². The number of fused-ring (bicyclic) bond motifs is 1. The van der Waals surface area contributed by atoms with Crippen molar-refractivity contribution in [1.29, 1.82) is 0 Å². The number of benzene rings is 1. The minimum Gasteiger partial charge on any atom is -0.486 e. The predicted octanol–water partition coefficient (Wildman–Crippen LogP) is 4.78. The summed E-state index contributed by atoms with van der Waals surface area (Å²) in [6.07, 6.45) is 6.63. The van der Waals surface area contributed by atoms with Crippen LogP contribution in [0.4, 0.5) is 0 Å². The fraction of sp³-hybridized carbons (Fsp3) is 0.522. The number of rotatable bonds is 7. The van der Waals surface area contributed by atoms with Crippen molar-refractivity contribution < 1.29 is 19.4 Å².